The fourth-order valence-corrected chi connectivity index (χ4v) is 3.00. The largest absolute Gasteiger partial charge is 0.364 e. The van der Waals surface area contributed by atoms with Crippen molar-refractivity contribution in [2.75, 3.05) is 19.6 Å². The Bertz CT molecular complexity index is 613. The molecule has 2 atom stereocenters. The van der Waals surface area contributed by atoms with Crippen LogP contribution in [0.2, 0.25) is 0 Å². The van der Waals surface area contributed by atoms with Gasteiger partial charge in [-0.3, -0.25) is 0 Å². The first-order chi connectivity index (χ1) is 11.3. The first-order valence-corrected chi connectivity index (χ1v) is 8.18. The highest BCUT2D eigenvalue weighted by Gasteiger charge is 2.28. The second-order valence-corrected chi connectivity index (χ2v) is 5.95. The molecule has 2 aromatic heterocycles. The molecule has 132 valence electrons. The third-order valence-electron chi connectivity index (χ3n) is 4.34. The van der Waals surface area contributed by atoms with Crippen molar-refractivity contribution in [3.8, 4) is 0 Å². The normalized spacial score (nSPS) is 21.4. The Morgan fingerprint density at radius 1 is 1.50 bits per heavy atom. The lowest BCUT2D eigenvalue weighted by atomic mass is 9.93. The molecule has 0 amide bonds. The molecular formula is C16H25IN6O. The van der Waals surface area contributed by atoms with Crippen molar-refractivity contribution in [3.05, 3.63) is 36.7 Å². The molecule has 1 N–H and O–H groups in total. The van der Waals surface area contributed by atoms with Gasteiger partial charge in [0.25, 0.3) is 0 Å². The van der Waals surface area contributed by atoms with E-state index < -0.39 is 0 Å². The predicted octanol–water partition coefficient (Wildman–Crippen LogP) is 2.54. The third-order valence-corrected chi connectivity index (χ3v) is 4.34. The lowest BCUT2D eigenvalue weighted by Gasteiger charge is -2.39. The fourth-order valence-electron chi connectivity index (χ4n) is 3.00. The molecule has 0 bridgehead atoms. The Kier molecular flexibility index (Phi) is 7.07. The zero-order valence-electron chi connectivity index (χ0n) is 14.1. The van der Waals surface area contributed by atoms with Crippen LogP contribution in [0.25, 0.3) is 0 Å². The van der Waals surface area contributed by atoms with Gasteiger partial charge in [0.2, 0.25) is 0 Å². The quantitative estimate of drug-likeness (QED) is 0.446. The minimum atomic E-state index is 0. The van der Waals surface area contributed by atoms with E-state index in [9.17, 15) is 0 Å². The first-order valence-electron chi connectivity index (χ1n) is 8.18. The molecule has 2 aromatic rings. The van der Waals surface area contributed by atoms with Crippen molar-refractivity contribution < 1.29 is 4.52 Å². The summed E-state index contributed by atoms with van der Waals surface area (Å²) in [5.41, 5.74) is 0.844. The molecule has 8 heteroatoms. The van der Waals surface area contributed by atoms with Gasteiger partial charge in [-0.15, -0.1) is 24.0 Å². The van der Waals surface area contributed by atoms with E-state index >= 15 is 0 Å². The monoisotopic (exact) mass is 444 g/mol. The van der Waals surface area contributed by atoms with E-state index in [1.807, 2.05) is 24.8 Å². The van der Waals surface area contributed by atoms with Gasteiger partial charge in [0.05, 0.1) is 18.9 Å². The summed E-state index contributed by atoms with van der Waals surface area (Å²) in [7, 11) is 0. The zero-order valence-corrected chi connectivity index (χ0v) is 16.5. The van der Waals surface area contributed by atoms with Crippen molar-refractivity contribution in [1.29, 1.82) is 0 Å². The number of nitrogens with zero attached hydrogens (tertiary/aromatic N) is 5. The van der Waals surface area contributed by atoms with Crippen molar-refractivity contribution in [1.82, 2.24) is 24.9 Å². The number of aromatic nitrogens is 3. The summed E-state index contributed by atoms with van der Waals surface area (Å²) in [6.45, 7) is 7.71. The van der Waals surface area contributed by atoms with Gasteiger partial charge in [0.1, 0.15) is 12.0 Å². The molecule has 2 unspecified atom stereocenters. The van der Waals surface area contributed by atoms with Gasteiger partial charge in [-0.25, -0.2) is 9.98 Å². The average Bonchev–Trinajstić information content (AvgIpc) is 3.25. The number of piperidine rings is 1. The molecule has 0 saturated carbocycles. The topological polar surface area (TPSA) is 71.5 Å². The number of halogens is 1. The average molecular weight is 444 g/mol. The van der Waals surface area contributed by atoms with E-state index in [0.717, 1.165) is 37.7 Å². The van der Waals surface area contributed by atoms with Crippen molar-refractivity contribution in [2.24, 2.45) is 10.9 Å². The molecule has 3 heterocycles. The Morgan fingerprint density at radius 3 is 3.04 bits per heavy atom. The van der Waals surface area contributed by atoms with E-state index in [-0.39, 0.29) is 24.0 Å². The summed E-state index contributed by atoms with van der Waals surface area (Å²) in [6, 6.07) is 2.27. The highest BCUT2D eigenvalue weighted by molar-refractivity contribution is 14.0. The number of aliphatic imine (C=N–C) groups is 1. The molecule has 0 aliphatic carbocycles. The molecule has 0 spiro atoms. The highest BCUT2D eigenvalue weighted by atomic mass is 127. The lowest BCUT2D eigenvalue weighted by Crippen LogP contribution is -2.49. The van der Waals surface area contributed by atoms with Crippen LogP contribution in [0.4, 0.5) is 0 Å². The molecular weight excluding hydrogens is 419 g/mol. The molecule has 1 aliphatic heterocycles. The number of imidazole rings is 1. The minimum Gasteiger partial charge on any atom is -0.364 e. The van der Waals surface area contributed by atoms with Gasteiger partial charge in [-0.1, -0.05) is 12.1 Å². The summed E-state index contributed by atoms with van der Waals surface area (Å²) in [5, 5.41) is 7.31. The van der Waals surface area contributed by atoms with Crippen LogP contribution in [0.5, 0.6) is 0 Å². The standard InChI is InChI=1S/C16H24N6O.HI/c1-3-18-16(19-10-14-5-9-23-20-14)21-7-4-13(2)15(11-21)22-8-6-17-12-22;/h5-6,8-9,12-13,15H,3-4,7,10-11H2,1-2H3,(H,18,19);1H. The molecule has 3 rings (SSSR count). The summed E-state index contributed by atoms with van der Waals surface area (Å²) in [6.07, 6.45) is 8.51. The van der Waals surface area contributed by atoms with Crippen molar-refractivity contribution in [2.45, 2.75) is 32.9 Å². The van der Waals surface area contributed by atoms with E-state index in [1.54, 1.807) is 6.26 Å². The highest BCUT2D eigenvalue weighted by Crippen LogP contribution is 2.27. The molecule has 24 heavy (non-hydrogen) atoms. The molecule has 7 nitrogen and oxygen atoms in total. The Labute approximate surface area is 159 Å². The summed E-state index contributed by atoms with van der Waals surface area (Å²) >= 11 is 0. The first kappa shape index (κ1) is 18.8. The maximum atomic E-state index is 4.87. The van der Waals surface area contributed by atoms with Crippen molar-refractivity contribution >= 4 is 29.9 Å². The van der Waals surface area contributed by atoms with E-state index in [2.05, 4.69) is 38.8 Å². The summed E-state index contributed by atoms with van der Waals surface area (Å²) in [5.74, 6) is 1.56. The van der Waals surface area contributed by atoms with Gasteiger partial charge < -0.3 is 19.3 Å². The zero-order chi connectivity index (χ0) is 16.1. The van der Waals surface area contributed by atoms with Crippen LogP contribution in [0.15, 0.2) is 40.6 Å². The Morgan fingerprint density at radius 2 is 2.38 bits per heavy atom. The fraction of sp³-hybridized carbons (Fsp3) is 0.562. The van der Waals surface area contributed by atoms with Gasteiger partial charge in [-0.05, 0) is 19.3 Å². The van der Waals surface area contributed by atoms with Crippen LogP contribution >= 0.6 is 24.0 Å². The van der Waals surface area contributed by atoms with Crippen LogP contribution < -0.4 is 5.32 Å². The molecule has 1 aliphatic rings. The lowest BCUT2D eigenvalue weighted by molar-refractivity contribution is 0.189. The van der Waals surface area contributed by atoms with Gasteiger partial charge in [-0.2, -0.15) is 0 Å². The van der Waals surface area contributed by atoms with E-state index in [1.165, 1.54) is 0 Å². The van der Waals surface area contributed by atoms with E-state index in [4.69, 9.17) is 9.52 Å². The van der Waals surface area contributed by atoms with Crippen molar-refractivity contribution in [3.63, 3.8) is 0 Å². The summed E-state index contributed by atoms with van der Waals surface area (Å²) < 4.78 is 7.08. The number of likely N-dealkylation sites (tertiary alicyclic amines) is 1. The molecule has 1 saturated heterocycles. The Balaban J connectivity index is 0.00000208. The van der Waals surface area contributed by atoms with Crippen LogP contribution in [-0.2, 0) is 6.54 Å². The molecule has 1 fully saturated rings. The maximum absolute atomic E-state index is 4.87. The number of rotatable bonds is 4. The maximum Gasteiger partial charge on any atom is 0.194 e. The number of hydrogen-bond donors (Lipinski definition) is 1. The molecule has 0 radical (unpaired) electrons. The third kappa shape index (κ3) is 4.49. The van der Waals surface area contributed by atoms with Crippen LogP contribution in [0, 0.1) is 5.92 Å². The SMILES string of the molecule is CCNC(=NCc1ccon1)N1CCC(C)C(n2ccnc2)C1.I. The van der Waals surface area contributed by atoms with Crippen LogP contribution in [0.1, 0.15) is 32.0 Å². The molecule has 0 aromatic carbocycles. The second kappa shape index (κ2) is 9.05. The number of guanidine groups is 1. The minimum absolute atomic E-state index is 0. The summed E-state index contributed by atoms with van der Waals surface area (Å²) in [4.78, 5) is 11.2. The Hall–Kier alpha value is -1.58. The predicted molar refractivity (Wildman–Crippen MR) is 103 cm³/mol. The van der Waals surface area contributed by atoms with Crippen LogP contribution in [0.3, 0.4) is 0 Å². The van der Waals surface area contributed by atoms with Gasteiger partial charge >= 0.3 is 0 Å². The van der Waals surface area contributed by atoms with Crippen LogP contribution in [-0.4, -0.2) is 45.2 Å². The smallest absolute Gasteiger partial charge is 0.194 e. The number of hydrogen-bond acceptors (Lipinski definition) is 4. The number of nitrogens with one attached hydrogen (secondary N) is 1. The second-order valence-electron chi connectivity index (χ2n) is 5.95. The van der Waals surface area contributed by atoms with Gasteiger partial charge in [0.15, 0.2) is 5.96 Å². The van der Waals surface area contributed by atoms with E-state index in [0.29, 0.717) is 18.5 Å². The van der Waals surface area contributed by atoms with Gasteiger partial charge in [0, 0.05) is 38.1 Å².